The van der Waals surface area contributed by atoms with E-state index >= 15 is 0 Å². The molecular weight excluding hydrogens is 415 g/mol. The van der Waals surface area contributed by atoms with Crippen molar-refractivity contribution in [2.24, 2.45) is 7.05 Å². The van der Waals surface area contributed by atoms with Gasteiger partial charge in [-0.2, -0.15) is 5.10 Å². The van der Waals surface area contributed by atoms with Crippen molar-refractivity contribution in [1.82, 2.24) is 14.7 Å². The zero-order valence-electron chi connectivity index (χ0n) is 17.6. The lowest BCUT2D eigenvalue weighted by atomic mass is 9.73. The predicted molar refractivity (Wildman–Crippen MR) is 121 cm³/mol. The van der Waals surface area contributed by atoms with Crippen molar-refractivity contribution in [3.05, 3.63) is 59.0 Å². The lowest BCUT2D eigenvalue weighted by Gasteiger charge is -2.51. The average Bonchev–Trinajstić information content (AvgIpc) is 3.04. The van der Waals surface area contributed by atoms with E-state index in [1.807, 2.05) is 23.9 Å². The van der Waals surface area contributed by atoms with Crippen LogP contribution in [0.3, 0.4) is 0 Å². The maximum absolute atomic E-state index is 13.9. The lowest BCUT2D eigenvalue weighted by molar-refractivity contribution is -0.135. The van der Waals surface area contributed by atoms with Crippen molar-refractivity contribution in [3.8, 4) is 0 Å². The minimum Gasteiger partial charge on any atom is -0.324 e. The van der Waals surface area contributed by atoms with Gasteiger partial charge in [0.25, 0.3) is 0 Å². The van der Waals surface area contributed by atoms with Gasteiger partial charge in [0.15, 0.2) is 0 Å². The Kier molecular flexibility index (Phi) is 5.22. The SMILES string of the molecule is Cn1nc2ccc(F)cc2c1C1CCN(C2(C(=O)Nc3ccc(Cl)cc3)CCC2)CC1. The molecule has 0 bridgehead atoms. The van der Waals surface area contributed by atoms with E-state index in [4.69, 9.17) is 11.6 Å². The Bertz CT molecular complexity index is 1110. The van der Waals surface area contributed by atoms with Gasteiger partial charge in [-0.1, -0.05) is 11.6 Å². The Morgan fingerprint density at radius 3 is 2.52 bits per heavy atom. The number of carbonyl (C=O) groups excluding carboxylic acids is 1. The molecule has 2 aromatic carbocycles. The second-order valence-corrected chi connectivity index (χ2v) is 9.21. The maximum Gasteiger partial charge on any atom is 0.244 e. The summed E-state index contributed by atoms with van der Waals surface area (Å²) in [6.45, 7) is 1.70. The molecule has 162 valence electrons. The topological polar surface area (TPSA) is 50.2 Å². The number of likely N-dealkylation sites (tertiary alicyclic amines) is 1. The molecule has 3 aromatic rings. The molecule has 1 aliphatic heterocycles. The monoisotopic (exact) mass is 440 g/mol. The summed E-state index contributed by atoms with van der Waals surface area (Å²) in [6.07, 6.45) is 4.70. The molecule has 5 rings (SSSR count). The van der Waals surface area contributed by atoms with E-state index in [1.165, 1.54) is 6.07 Å². The van der Waals surface area contributed by atoms with Gasteiger partial charge in [0.05, 0.1) is 5.52 Å². The van der Waals surface area contributed by atoms with Crippen LogP contribution in [0.15, 0.2) is 42.5 Å². The van der Waals surface area contributed by atoms with E-state index in [0.717, 1.165) is 67.5 Å². The smallest absolute Gasteiger partial charge is 0.244 e. The summed E-state index contributed by atoms with van der Waals surface area (Å²) in [5, 5.41) is 9.22. The van der Waals surface area contributed by atoms with Gasteiger partial charge in [-0.15, -0.1) is 0 Å². The number of hydrogen-bond donors (Lipinski definition) is 1. The van der Waals surface area contributed by atoms with Crippen LogP contribution in [0, 0.1) is 5.82 Å². The van der Waals surface area contributed by atoms with Gasteiger partial charge in [0, 0.05) is 34.8 Å². The van der Waals surface area contributed by atoms with E-state index in [-0.39, 0.29) is 11.7 Å². The largest absolute Gasteiger partial charge is 0.324 e. The first-order valence-electron chi connectivity index (χ1n) is 10.9. The molecule has 1 aromatic heterocycles. The number of anilines is 1. The third kappa shape index (κ3) is 3.62. The second kappa shape index (κ2) is 7.92. The number of rotatable bonds is 4. The third-order valence-corrected chi connectivity index (χ3v) is 7.29. The standard InChI is InChI=1S/C24H26ClFN4O/c1-29-22(20-15-18(26)5-8-21(20)28-29)16-9-13-30(14-10-16)24(11-2-12-24)23(31)27-19-6-3-17(25)4-7-19/h3-8,15-16H,2,9-14H2,1H3,(H,27,31). The highest BCUT2D eigenvalue weighted by atomic mass is 35.5. The fourth-order valence-electron chi connectivity index (χ4n) is 5.23. The zero-order valence-corrected chi connectivity index (χ0v) is 18.3. The van der Waals surface area contributed by atoms with Gasteiger partial charge in [-0.3, -0.25) is 14.4 Å². The number of nitrogens with one attached hydrogen (secondary N) is 1. The normalized spacial score (nSPS) is 19.3. The summed E-state index contributed by atoms with van der Waals surface area (Å²) in [6, 6.07) is 12.1. The van der Waals surface area contributed by atoms with Gasteiger partial charge in [0.2, 0.25) is 5.91 Å². The Morgan fingerprint density at radius 2 is 1.87 bits per heavy atom. The first-order chi connectivity index (χ1) is 15.0. The maximum atomic E-state index is 13.9. The van der Waals surface area contributed by atoms with Gasteiger partial charge >= 0.3 is 0 Å². The van der Waals surface area contributed by atoms with Crippen LogP contribution in [0.4, 0.5) is 10.1 Å². The number of piperidine rings is 1. The van der Waals surface area contributed by atoms with E-state index in [0.29, 0.717) is 10.9 Å². The quantitative estimate of drug-likeness (QED) is 0.613. The number of benzene rings is 2. The van der Waals surface area contributed by atoms with E-state index in [9.17, 15) is 9.18 Å². The second-order valence-electron chi connectivity index (χ2n) is 8.78. The predicted octanol–water partition coefficient (Wildman–Crippen LogP) is 5.11. The third-order valence-electron chi connectivity index (χ3n) is 7.03. The molecule has 1 N–H and O–H groups in total. The molecule has 0 radical (unpaired) electrons. The van der Waals surface area contributed by atoms with Crippen molar-refractivity contribution in [3.63, 3.8) is 0 Å². The number of aryl methyl sites for hydroxylation is 1. The molecule has 7 heteroatoms. The fraction of sp³-hybridized carbons (Fsp3) is 0.417. The molecule has 1 saturated carbocycles. The van der Waals surface area contributed by atoms with Crippen LogP contribution in [-0.2, 0) is 11.8 Å². The van der Waals surface area contributed by atoms with Crippen molar-refractivity contribution in [1.29, 1.82) is 0 Å². The van der Waals surface area contributed by atoms with Crippen molar-refractivity contribution in [2.45, 2.75) is 43.6 Å². The molecule has 1 aliphatic carbocycles. The van der Waals surface area contributed by atoms with E-state index < -0.39 is 5.54 Å². The molecule has 31 heavy (non-hydrogen) atoms. The zero-order chi connectivity index (χ0) is 21.6. The molecule has 0 spiro atoms. The highest BCUT2D eigenvalue weighted by Crippen LogP contribution is 2.43. The molecule has 2 fully saturated rings. The summed E-state index contributed by atoms with van der Waals surface area (Å²) in [4.78, 5) is 15.6. The number of carbonyl (C=O) groups is 1. The summed E-state index contributed by atoms with van der Waals surface area (Å²) in [5.41, 5.74) is 2.28. The molecule has 0 unspecified atom stereocenters. The lowest BCUT2D eigenvalue weighted by Crippen LogP contribution is -2.62. The molecule has 1 amide bonds. The molecular formula is C24H26ClFN4O. The van der Waals surface area contributed by atoms with Crippen LogP contribution < -0.4 is 5.32 Å². The van der Waals surface area contributed by atoms with Gasteiger partial charge in [-0.05, 0) is 87.7 Å². The first-order valence-corrected chi connectivity index (χ1v) is 11.3. The molecule has 1 saturated heterocycles. The molecule has 2 aliphatic rings. The summed E-state index contributed by atoms with van der Waals surface area (Å²) < 4.78 is 15.8. The summed E-state index contributed by atoms with van der Waals surface area (Å²) >= 11 is 5.96. The Hall–Kier alpha value is -2.44. The van der Waals surface area contributed by atoms with Crippen LogP contribution in [0.5, 0.6) is 0 Å². The van der Waals surface area contributed by atoms with Crippen LogP contribution in [-0.4, -0.2) is 39.2 Å². The number of fused-ring (bicyclic) bond motifs is 1. The first kappa shape index (κ1) is 20.5. The Morgan fingerprint density at radius 1 is 1.16 bits per heavy atom. The highest BCUT2D eigenvalue weighted by Gasteiger charge is 2.49. The van der Waals surface area contributed by atoms with Gasteiger partial charge in [0.1, 0.15) is 11.4 Å². The van der Waals surface area contributed by atoms with Crippen LogP contribution in [0.2, 0.25) is 5.02 Å². The number of hydrogen-bond acceptors (Lipinski definition) is 3. The minimum absolute atomic E-state index is 0.0765. The van der Waals surface area contributed by atoms with Gasteiger partial charge < -0.3 is 5.32 Å². The molecule has 2 heterocycles. The van der Waals surface area contributed by atoms with Crippen molar-refractivity contribution < 1.29 is 9.18 Å². The van der Waals surface area contributed by atoms with Crippen LogP contribution >= 0.6 is 11.6 Å². The Balaban J connectivity index is 1.31. The van der Waals surface area contributed by atoms with Crippen molar-refractivity contribution >= 4 is 34.1 Å². The summed E-state index contributed by atoms with van der Waals surface area (Å²) in [7, 11) is 1.94. The minimum atomic E-state index is -0.425. The fourth-order valence-corrected chi connectivity index (χ4v) is 5.36. The number of amides is 1. The molecule has 0 atom stereocenters. The van der Waals surface area contributed by atoms with E-state index in [2.05, 4.69) is 15.3 Å². The van der Waals surface area contributed by atoms with Crippen LogP contribution in [0.1, 0.15) is 43.7 Å². The highest BCUT2D eigenvalue weighted by molar-refractivity contribution is 6.30. The number of halogens is 2. The van der Waals surface area contributed by atoms with Crippen LogP contribution in [0.25, 0.3) is 10.9 Å². The summed E-state index contributed by atoms with van der Waals surface area (Å²) in [5.74, 6) is 0.156. The number of aromatic nitrogens is 2. The molecule has 5 nitrogen and oxygen atoms in total. The van der Waals surface area contributed by atoms with Crippen molar-refractivity contribution in [2.75, 3.05) is 18.4 Å². The Labute approximate surface area is 186 Å². The van der Waals surface area contributed by atoms with E-state index in [1.54, 1.807) is 24.3 Å². The number of nitrogens with zero attached hydrogens (tertiary/aromatic N) is 3. The van der Waals surface area contributed by atoms with Gasteiger partial charge in [-0.25, -0.2) is 4.39 Å². The average molecular weight is 441 g/mol.